The molecule has 8 nitrogen and oxygen atoms in total. The maximum atomic E-state index is 10.1. The molecule has 0 radical (unpaired) electrons. The maximum absolute atomic E-state index is 10.1. The first-order valence-corrected chi connectivity index (χ1v) is 11.3. The molecule has 0 saturated carbocycles. The Labute approximate surface area is 201 Å². The standard InChI is InChI=1S/C26H34N2O6/c1-26(16-27,19-14-22(29-2)24(31-4)25(32-5)23(19)30-3)12-8-9-17(28)13-18-15-33-20-10-6-7-11-21(20)34-18/h6-7,10-11,14,17-18H,8-9,12-13,15,28H2,1-5H3. The zero-order valence-corrected chi connectivity index (χ0v) is 20.6. The van der Waals surface area contributed by atoms with E-state index >= 15 is 0 Å². The third-order valence-corrected chi connectivity index (χ3v) is 6.21. The largest absolute Gasteiger partial charge is 0.493 e. The van der Waals surface area contributed by atoms with Crippen molar-refractivity contribution in [2.45, 2.75) is 50.2 Å². The monoisotopic (exact) mass is 470 g/mol. The Morgan fingerprint density at radius 2 is 1.74 bits per heavy atom. The van der Waals surface area contributed by atoms with Crippen molar-refractivity contribution in [3.05, 3.63) is 35.9 Å². The van der Waals surface area contributed by atoms with Crippen LogP contribution in [0.25, 0.3) is 0 Å². The highest BCUT2D eigenvalue weighted by molar-refractivity contribution is 5.65. The van der Waals surface area contributed by atoms with Crippen LogP contribution in [0.1, 0.15) is 38.2 Å². The molecule has 0 amide bonds. The van der Waals surface area contributed by atoms with Crippen LogP contribution in [0, 0.1) is 11.3 Å². The van der Waals surface area contributed by atoms with Gasteiger partial charge in [0.15, 0.2) is 23.0 Å². The summed E-state index contributed by atoms with van der Waals surface area (Å²) < 4.78 is 34.0. The Balaban J connectivity index is 1.68. The van der Waals surface area contributed by atoms with Gasteiger partial charge in [-0.3, -0.25) is 0 Å². The molecule has 0 spiro atoms. The number of nitrogens with zero attached hydrogens (tertiary/aromatic N) is 1. The molecule has 3 atom stereocenters. The second-order valence-electron chi connectivity index (χ2n) is 8.56. The van der Waals surface area contributed by atoms with E-state index in [0.29, 0.717) is 48.0 Å². The Morgan fingerprint density at radius 1 is 1.06 bits per heavy atom. The van der Waals surface area contributed by atoms with Gasteiger partial charge in [0.1, 0.15) is 12.7 Å². The molecule has 34 heavy (non-hydrogen) atoms. The summed E-state index contributed by atoms with van der Waals surface area (Å²) in [4.78, 5) is 0. The van der Waals surface area contributed by atoms with Gasteiger partial charge >= 0.3 is 0 Å². The third-order valence-electron chi connectivity index (χ3n) is 6.21. The second-order valence-corrected chi connectivity index (χ2v) is 8.56. The normalized spacial score (nSPS) is 17.1. The zero-order valence-electron chi connectivity index (χ0n) is 20.6. The predicted octanol–water partition coefficient (Wildman–Crippen LogP) is 4.23. The van der Waals surface area contributed by atoms with Crippen LogP contribution in [0.4, 0.5) is 0 Å². The van der Waals surface area contributed by atoms with E-state index in [4.69, 9.17) is 34.2 Å². The van der Waals surface area contributed by atoms with E-state index in [1.807, 2.05) is 31.2 Å². The fourth-order valence-corrected chi connectivity index (χ4v) is 4.35. The number of hydrogen-bond acceptors (Lipinski definition) is 8. The molecule has 0 fully saturated rings. The summed E-state index contributed by atoms with van der Waals surface area (Å²) >= 11 is 0. The molecule has 0 aromatic heterocycles. The van der Waals surface area contributed by atoms with Gasteiger partial charge < -0.3 is 34.2 Å². The summed E-state index contributed by atoms with van der Waals surface area (Å²) in [5, 5.41) is 10.1. The number of para-hydroxylation sites is 2. The molecular weight excluding hydrogens is 436 g/mol. The first kappa shape index (κ1) is 25.3. The highest BCUT2D eigenvalue weighted by Gasteiger charge is 2.34. The molecule has 1 aliphatic heterocycles. The van der Waals surface area contributed by atoms with Gasteiger partial charge in [-0.1, -0.05) is 12.1 Å². The number of ether oxygens (including phenoxy) is 6. The van der Waals surface area contributed by atoms with Crippen molar-refractivity contribution in [2.24, 2.45) is 5.73 Å². The summed E-state index contributed by atoms with van der Waals surface area (Å²) in [6.45, 7) is 2.36. The molecule has 0 saturated heterocycles. The minimum Gasteiger partial charge on any atom is -0.493 e. The number of nitriles is 1. The predicted molar refractivity (Wildman–Crippen MR) is 128 cm³/mol. The van der Waals surface area contributed by atoms with E-state index in [1.165, 1.54) is 14.2 Å². The molecule has 0 aliphatic carbocycles. The van der Waals surface area contributed by atoms with Crippen molar-refractivity contribution < 1.29 is 28.4 Å². The van der Waals surface area contributed by atoms with Crippen LogP contribution in [-0.4, -0.2) is 47.2 Å². The van der Waals surface area contributed by atoms with Crippen molar-refractivity contribution in [2.75, 3.05) is 35.0 Å². The van der Waals surface area contributed by atoms with Crippen LogP contribution in [0.3, 0.4) is 0 Å². The molecule has 2 N–H and O–H groups in total. The Morgan fingerprint density at radius 3 is 2.35 bits per heavy atom. The summed E-state index contributed by atoms with van der Waals surface area (Å²) in [6.07, 6.45) is 2.64. The number of methoxy groups -OCH3 is 4. The summed E-state index contributed by atoms with van der Waals surface area (Å²) in [7, 11) is 6.16. The SMILES string of the molecule is COc1cc(C(C)(C#N)CCCC(N)CC2COc3ccccc3O2)c(OC)c(OC)c1OC. The van der Waals surface area contributed by atoms with Crippen LogP contribution < -0.4 is 34.2 Å². The van der Waals surface area contributed by atoms with E-state index in [9.17, 15) is 5.26 Å². The number of fused-ring (bicyclic) bond motifs is 1. The molecule has 1 aliphatic rings. The first-order chi connectivity index (χ1) is 16.4. The molecule has 3 unspecified atom stereocenters. The summed E-state index contributed by atoms with van der Waals surface area (Å²) in [5.74, 6) is 3.26. The molecule has 2 aromatic rings. The van der Waals surface area contributed by atoms with Gasteiger partial charge in [-0.25, -0.2) is 0 Å². The lowest BCUT2D eigenvalue weighted by Crippen LogP contribution is -2.36. The van der Waals surface area contributed by atoms with Crippen LogP contribution >= 0.6 is 0 Å². The van der Waals surface area contributed by atoms with Crippen molar-refractivity contribution in [3.8, 4) is 40.6 Å². The minimum atomic E-state index is -0.846. The number of rotatable bonds is 11. The average Bonchev–Trinajstić information content (AvgIpc) is 2.86. The molecular formula is C26H34N2O6. The van der Waals surface area contributed by atoms with E-state index in [-0.39, 0.29) is 12.1 Å². The van der Waals surface area contributed by atoms with Crippen LogP contribution in [-0.2, 0) is 5.41 Å². The fourth-order valence-electron chi connectivity index (χ4n) is 4.35. The summed E-state index contributed by atoms with van der Waals surface area (Å²) in [6, 6.07) is 11.8. The second kappa shape index (κ2) is 11.2. The molecule has 184 valence electrons. The first-order valence-electron chi connectivity index (χ1n) is 11.3. The van der Waals surface area contributed by atoms with E-state index in [2.05, 4.69) is 6.07 Å². The van der Waals surface area contributed by atoms with Gasteiger partial charge in [0.2, 0.25) is 11.5 Å². The van der Waals surface area contributed by atoms with Gasteiger partial charge in [0.25, 0.3) is 0 Å². The van der Waals surface area contributed by atoms with Crippen LogP contribution in [0.5, 0.6) is 34.5 Å². The molecule has 0 bridgehead atoms. The minimum absolute atomic E-state index is 0.0800. The van der Waals surface area contributed by atoms with Gasteiger partial charge in [0.05, 0.1) is 39.9 Å². The fraction of sp³-hybridized carbons (Fsp3) is 0.500. The smallest absolute Gasteiger partial charge is 0.207 e. The van der Waals surface area contributed by atoms with Crippen LogP contribution in [0.15, 0.2) is 30.3 Å². The van der Waals surface area contributed by atoms with E-state index < -0.39 is 5.41 Å². The van der Waals surface area contributed by atoms with Gasteiger partial charge in [-0.15, -0.1) is 0 Å². The molecule has 8 heteroatoms. The summed E-state index contributed by atoms with van der Waals surface area (Å²) in [5.41, 5.74) is 6.26. The highest BCUT2D eigenvalue weighted by Crippen LogP contribution is 2.50. The topological polar surface area (TPSA) is 105 Å². The zero-order chi connectivity index (χ0) is 24.7. The number of nitrogens with two attached hydrogens (primary N) is 1. The van der Waals surface area contributed by atoms with Crippen LogP contribution in [0.2, 0.25) is 0 Å². The van der Waals surface area contributed by atoms with E-state index in [1.54, 1.807) is 20.3 Å². The lowest BCUT2D eigenvalue weighted by molar-refractivity contribution is 0.0789. The quantitative estimate of drug-likeness (QED) is 0.520. The molecule has 2 aromatic carbocycles. The van der Waals surface area contributed by atoms with E-state index in [0.717, 1.165) is 24.3 Å². The van der Waals surface area contributed by atoms with Gasteiger partial charge in [-0.2, -0.15) is 5.26 Å². The average molecular weight is 471 g/mol. The molecule has 3 rings (SSSR count). The number of hydrogen-bond donors (Lipinski definition) is 1. The lowest BCUT2D eigenvalue weighted by atomic mass is 9.78. The van der Waals surface area contributed by atoms with Gasteiger partial charge in [-0.05, 0) is 44.4 Å². The van der Waals surface area contributed by atoms with Crippen molar-refractivity contribution in [3.63, 3.8) is 0 Å². The maximum Gasteiger partial charge on any atom is 0.207 e. The van der Waals surface area contributed by atoms with Crippen molar-refractivity contribution >= 4 is 0 Å². The van der Waals surface area contributed by atoms with Crippen molar-refractivity contribution in [1.82, 2.24) is 0 Å². The third kappa shape index (κ3) is 5.26. The number of benzene rings is 2. The molecule has 1 heterocycles. The lowest BCUT2D eigenvalue weighted by Gasteiger charge is -2.29. The van der Waals surface area contributed by atoms with Gasteiger partial charge in [0, 0.05) is 18.0 Å². The Hall–Kier alpha value is -3.31. The Kier molecular flexibility index (Phi) is 8.35. The highest BCUT2D eigenvalue weighted by atomic mass is 16.6. The van der Waals surface area contributed by atoms with Crippen molar-refractivity contribution in [1.29, 1.82) is 5.26 Å². The Bertz CT molecular complexity index is 1020.